The molecule has 0 radical (unpaired) electrons. The first-order chi connectivity index (χ1) is 12.4. The average molecular weight is 381 g/mol. The number of carbonyl (C=O) groups is 1. The Hall–Kier alpha value is -2.65. The first-order valence-electron chi connectivity index (χ1n) is 7.56. The molecule has 0 unspecified atom stereocenters. The standard InChI is InChI=1S/C17H14F3N3O2S/c1-21-10-15(24)23(11-5-3-2-4-6-11)16-22-13-8-7-12(9-14(13)26-16)25-17(18,19)20/h2-9,21H,10H2,1H3. The van der Waals surface area contributed by atoms with E-state index in [9.17, 15) is 18.0 Å². The van der Waals surface area contributed by atoms with Crippen LogP contribution < -0.4 is 15.0 Å². The molecule has 1 N–H and O–H groups in total. The molecular weight excluding hydrogens is 367 g/mol. The van der Waals surface area contributed by atoms with E-state index in [4.69, 9.17) is 0 Å². The van der Waals surface area contributed by atoms with Gasteiger partial charge in [0.1, 0.15) is 5.75 Å². The second-order valence-corrected chi connectivity index (χ2v) is 6.28. The normalized spacial score (nSPS) is 11.5. The highest BCUT2D eigenvalue weighted by Gasteiger charge is 2.31. The molecule has 1 amide bonds. The van der Waals surface area contributed by atoms with E-state index in [-0.39, 0.29) is 18.2 Å². The molecule has 26 heavy (non-hydrogen) atoms. The van der Waals surface area contributed by atoms with Crippen molar-refractivity contribution in [2.75, 3.05) is 18.5 Å². The van der Waals surface area contributed by atoms with Gasteiger partial charge in [0.05, 0.1) is 22.4 Å². The van der Waals surface area contributed by atoms with Gasteiger partial charge < -0.3 is 10.1 Å². The Labute approximate surface area is 151 Å². The molecule has 2 aromatic carbocycles. The third-order valence-corrected chi connectivity index (χ3v) is 4.37. The van der Waals surface area contributed by atoms with Gasteiger partial charge >= 0.3 is 6.36 Å². The van der Waals surface area contributed by atoms with Crippen molar-refractivity contribution in [1.82, 2.24) is 10.3 Å². The quantitative estimate of drug-likeness (QED) is 0.724. The molecule has 0 fully saturated rings. The van der Waals surface area contributed by atoms with Gasteiger partial charge in [0.25, 0.3) is 0 Å². The Kier molecular flexibility index (Phi) is 5.10. The van der Waals surface area contributed by atoms with Crippen molar-refractivity contribution in [3.05, 3.63) is 48.5 Å². The summed E-state index contributed by atoms with van der Waals surface area (Å²) in [6, 6.07) is 12.8. The average Bonchev–Trinajstić information content (AvgIpc) is 2.97. The molecule has 136 valence electrons. The van der Waals surface area contributed by atoms with Gasteiger partial charge in [-0.1, -0.05) is 29.5 Å². The summed E-state index contributed by atoms with van der Waals surface area (Å²) < 4.78 is 41.6. The minimum Gasteiger partial charge on any atom is -0.406 e. The molecule has 9 heteroatoms. The fourth-order valence-corrected chi connectivity index (χ4v) is 3.39. The Balaban J connectivity index is 2.01. The highest BCUT2D eigenvalue weighted by atomic mass is 32.1. The van der Waals surface area contributed by atoms with Crippen LogP contribution in [0.2, 0.25) is 0 Å². The van der Waals surface area contributed by atoms with Crippen molar-refractivity contribution < 1.29 is 22.7 Å². The highest BCUT2D eigenvalue weighted by molar-refractivity contribution is 7.22. The van der Waals surface area contributed by atoms with Crippen LogP contribution in [-0.2, 0) is 4.79 Å². The number of aromatic nitrogens is 1. The number of hydrogen-bond acceptors (Lipinski definition) is 5. The van der Waals surface area contributed by atoms with Crippen molar-refractivity contribution in [2.24, 2.45) is 0 Å². The third-order valence-electron chi connectivity index (χ3n) is 3.37. The lowest BCUT2D eigenvalue weighted by molar-refractivity contribution is -0.274. The van der Waals surface area contributed by atoms with Gasteiger partial charge in [-0.05, 0) is 31.3 Å². The van der Waals surface area contributed by atoms with E-state index >= 15 is 0 Å². The summed E-state index contributed by atoms with van der Waals surface area (Å²) in [5, 5.41) is 3.17. The molecule has 3 rings (SSSR count). The van der Waals surface area contributed by atoms with Crippen molar-refractivity contribution in [1.29, 1.82) is 0 Å². The Morgan fingerprint density at radius 3 is 2.62 bits per heavy atom. The maximum Gasteiger partial charge on any atom is 0.573 e. The molecule has 0 aliphatic heterocycles. The number of benzene rings is 2. The van der Waals surface area contributed by atoms with Crippen LogP contribution in [0.25, 0.3) is 10.2 Å². The van der Waals surface area contributed by atoms with Crippen LogP contribution in [0.5, 0.6) is 5.75 Å². The number of nitrogens with zero attached hydrogens (tertiary/aromatic N) is 2. The van der Waals surface area contributed by atoms with Gasteiger partial charge in [0.2, 0.25) is 5.91 Å². The van der Waals surface area contributed by atoms with Crippen LogP contribution in [0.15, 0.2) is 48.5 Å². The minimum atomic E-state index is -4.76. The predicted octanol–water partition coefficient (Wildman–Crippen LogP) is 4.08. The number of carbonyl (C=O) groups excluding carboxylic acids is 1. The van der Waals surface area contributed by atoms with Gasteiger partial charge in [0.15, 0.2) is 5.13 Å². The van der Waals surface area contributed by atoms with E-state index in [1.807, 2.05) is 6.07 Å². The number of likely N-dealkylation sites (N-methyl/N-ethyl adjacent to an activating group) is 1. The molecule has 0 spiro atoms. The summed E-state index contributed by atoms with van der Waals surface area (Å²) in [4.78, 5) is 18.4. The SMILES string of the molecule is CNCC(=O)N(c1ccccc1)c1nc2ccc(OC(F)(F)F)cc2s1. The summed E-state index contributed by atoms with van der Waals surface area (Å²) in [6.45, 7) is 0.0905. The Morgan fingerprint density at radius 2 is 1.96 bits per heavy atom. The number of thiazole rings is 1. The van der Waals surface area contributed by atoms with Crippen LogP contribution in [0.1, 0.15) is 0 Å². The van der Waals surface area contributed by atoms with E-state index in [0.29, 0.717) is 21.0 Å². The molecule has 0 bridgehead atoms. The number of fused-ring (bicyclic) bond motifs is 1. The maximum absolute atomic E-state index is 12.5. The first kappa shape index (κ1) is 18.2. The molecule has 0 aliphatic carbocycles. The van der Waals surface area contributed by atoms with Crippen molar-refractivity contribution in [3.8, 4) is 5.75 Å². The first-order valence-corrected chi connectivity index (χ1v) is 8.38. The monoisotopic (exact) mass is 381 g/mol. The summed E-state index contributed by atoms with van der Waals surface area (Å²) in [5.41, 5.74) is 1.11. The molecule has 0 saturated heterocycles. The number of halogens is 3. The molecular formula is C17H14F3N3O2S. The predicted molar refractivity (Wildman–Crippen MR) is 93.8 cm³/mol. The zero-order valence-electron chi connectivity index (χ0n) is 13.6. The zero-order chi connectivity index (χ0) is 18.7. The second kappa shape index (κ2) is 7.30. The number of ether oxygens (including phenoxy) is 1. The lowest BCUT2D eigenvalue weighted by Crippen LogP contribution is -2.33. The zero-order valence-corrected chi connectivity index (χ0v) is 14.4. The largest absolute Gasteiger partial charge is 0.573 e. The van der Waals surface area contributed by atoms with Crippen LogP contribution in [0.3, 0.4) is 0 Å². The van der Waals surface area contributed by atoms with Crippen LogP contribution in [0, 0.1) is 0 Å². The lowest BCUT2D eigenvalue weighted by atomic mass is 10.3. The van der Waals surface area contributed by atoms with Crippen molar-refractivity contribution >= 4 is 38.3 Å². The van der Waals surface area contributed by atoms with Gasteiger partial charge in [0, 0.05) is 6.07 Å². The number of hydrogen-bond donors (Lipinski definition) is 1. The van der Waals surface area contributed by atoms with Gasteiger partial charge in [-0.2, -0.15) is 0 Å². The van der Waals surface area contributed by atoms with Gasteiger partial charge in [-0.3, -0.25) is 9.69 Å². The molecule has 5 nitrogen and oxygen atoms in total. The van der Waals surface area contributed by atoms with Crippen LogP contribution in [-0.4, -0.2) is 30.8 Å². The number of alkyl halides is 3. The smallest absolute Gasteiger partial charge is 0.406 e. The molecule has 1 heterocycles. The molecule has 0 aliphatic rings. The highest BCUT2D eigenvalue weighted by Crippen LogP contribution is 2.36. The van der Waals surface area contributed by atoms with Crippen LogP contribution in [0.4, 0.5) is 24.0 Å². The molecule has 1 aromatic heterocycles. The van der Waals surface area contributed by atoms with Crippen molar-refractivity contribution in [3.63, 3.8) is 0 Å². The summed E-state index contributed by atoms with van der Waals surface area (Å²) in [6.07, 6.45) is -4.76. The number of rotatable bonds is 5. The Morgan fingerprint density at radius 1 is 1.23 bits per heavy atom. The fourth-order valence-electron chi connectivity index (χ4n) is 2.35. The summed E-state index contributed by atoms with van der Waals surface area (Å²) in [7, 11) is 1.65. The third kappa shape index (κ3) is 4.12. The minimum absolute atomic E-state index is 0.0905. The Bertz CT molecular complexity index is 913. The van der Waals surface area contributed by atoms with Gasteiger partial charge in [-0.15, -0.1) is 13.2 Å². The van der Waals surface area contributed by atoms with E-state index in [1.165, 1.54) is 23.1 Å². The van der Waals surface area contributed by atoms with E-state index in [1.54, 1.807) is 31.3 Å². The van der Waals surface area contributed by atoms with Crippen LogP contribution >= 0.6 is 11.3 Å². The second-order valence-electron chi connectivity index (χ2n) is 5.27. The van der Waals surface area contributed by atoms with E-state index < -0.39 is 6.36 Å². The topological polar surface area (TPSA) is 54.5 Å². The fraction of sp³-hybridized carbons (Fsp3) is 0.176. The lowest BCUT2D eigenvalue weighted by Gasteiger charge is -2.19. The molecule has 3 aromatic rings. The number of anilines is 2. The molecule has 0 atom stereocenters. The van der Waals surface area contributed by atoms with E-state index in [0.717, 1.165) is 11.3 Å². The number of amides is 1. The summed E-state index contributed by atoms with van der Waals surface area (Å²) in [5.74, 6) is -0.558. The van der Waals surface area contributed by atoms with E-state index in [2.05, 4.69) is 15.0 Å². The van der Waals surface area contributed by atoms with Crippen molar-refractivity contribution in [2.45, 2.75) is 6.36 Å². The number of para-hydroxylation sites is 1. The van der Waals surface area contributed by atoms with Gasteiger partial charge in [-0.25, -0.2) is 4.98 Å². The summed E-state index contributed by atoms with van der Waals surface area (Å²) >= 11 is 1.11. The molecule has 0 saturated carbocycles. The number of nitrogens with one attached hydrogen (secondary N) is 1. The maximum atomic E-state index is 12.5.